The molecule has 0 unspecified atom stereocenters. The van der Waals surface area contributed by atoms with Gasteiger partial charge in [0.2, 0.25) is 5.91 Å². The maximum Gasteiger partial charge on any atom is 0.414 e. The lowest BCUT2D eigenvalue weighted by Crippen LogP contribution is -2.46. The zero-order valence-electron chi connectivity index (χ0n) is 18.2. The van der Waals surface area contributed by atoms with Crippen LogP contribution < -0.4 is 14.8 Å². The quantitative estimate of drug-likeness (QED) is 0.613. The van der Waals surface area contributed by atoms with Gasteiger partial charge in [-0.1, -0.05) is 0 Å². The first kappa shape index (κ1) is 25.2. The van der Waals surface area contributed by atoms with Crippen LogP contribution >= 0.6 is 0 Å². The summed E-state index contributed by atoms with van der Waals surface area (Å²) in [4.78, 5) is 32.9. The van der Waals surface area contributed by atoms with Gasteiger partial charge >= 0.3 is 11.9 Å². The van der Waals surface area contributed by atoms with Gasteiger partial charge in [-0.25, -0.2) is 9.59 Å². The molecule has 3 N–H and O–H groups in total. The molecule has 1 saturated heterocycles. The summed E-state index contributed by atoms with van der Waals surface area (Å²) in [6.07, 6.45) is 1.79. The Morgan fingerprint density at radius 1 is 1.07 bits per heavy atom. The van der Waals surface area contributed by atoms with Crippen LogP contribution in [0.25, 0.3) is 0 Å². The molecular formula is C21H32N2O7. The van der Waals surface area contributed by atoms with Crippen LogP contribution in [-0.4, -0.2) is 65.8 Å². The van der Waals surface area contributed by atoms with Crippen molar-refractivity contribution in [3.63, 3.8) is 0 Å². The van der Waals surface area contributed by atoms with Crippen LogP contribution in [-0.2, 0) is 20.9 Å². The Bertz CT molecular complexity index is 723. The van der Waals surface area contributed by atoms with Gasteiger partial charge in [-0.05, 0) is 64.9 Å². The summed E-state index contributed by atoms with van der Waals surface area (Å²) >= 11 is 0. The van der Waals surface area contributed by atoms with Crippen LogP contribution in [0.1, 0.15) is 39.2 Å². The minimum Gasteiger partial charge on any atom is -0.497 e. The SMILES string of the molecule is COc1ccc(OC)c(CN2CCC(C(=O)NC(C)(C)C)CC2)c1.O=C(O)C(=O)O. The maximum atomic E-state index is 12.3. The number of carbonyl (C=O) groups is 3. The van der Waals surface area contributed by atoms with E-state index < -0.39 is 11.9 Å². The van der Waals surface area contributed by atoms with Crippen molar-refractivity contribution in [1.82, 2.24) is 10.2 Å². The summed E-state index contributed by atoms with van der Waals surface area (Å²) in [5, 5.41) is 17.9. The average molecular weight is 424 g/mol. The first-order valence-electron chi connectivity index (χ1n) is 9.68. The number of likely N-dealkylation sites (tertiary alicyclic amines) is 1. The minimum absolute atomic E-state index is 0.118. The average Bonchev–Trinajstić information content (AvgIpc) is 2.67. The van der Waals surface area contributed by atoms with Crippen molar-refractivity contribution in [2.75, 3.05) is 27.3 Å². The highest BCUT2D eigenvalue weighted by molar-refractivity contribution is 6.27. The highest BCUT2D eigenvalue weighted by Crippen LogP contribution is 2.27. The molecule has 1 aliphatic rings. The molecule has 0 aromatic heterocycles. The molecular weight excluding hydrogens is 392 g/mol. The molecule has 2 rings (SSSR count). The fraction of sp³-hybridized carbons (Fsp3) is 0.571. The lowest BCUT2D eigenvalue weighted by molar-refractivity contribution is -0.159. The van der Waals surface area contributed by atoms with E-state index in [9.17, 15) is 4.79 Å². The number of carboxylic acid groups (broad SMARTS) is 2. The topological polar surface area (TPSA) is 125 Å². The number of methoxy groups -OCH3 is 2. The van der Waals surface area contributed by atoms with Crippen molar-refractivity contribution in [3.05, 3.63) is 23.8 Å². The molecule has 1 aromatic carbocycles. The number of carboxylic acids is 2. The van der Waals surface area contributed by atoms with Crippen LogP contribution in [0, 0.1) is 5.92 Å². The van der Waals surface area contributed by atoms with E-state index in [0.717, 1.165) is 49.5 Å². The van der Waals surface area contributed by atoms with Gasteiger partial charge in [0.15, 0.2) is 0 Å². The third-order valence-corrected chi connectivity index (χ3v) is 4.52. The fourth-order valence-corrected chi connectivity index (χ4v) is 3.07. The Kier molecular flexibility index (Phi) is 9.58. The third-order valence-electron chi connectivity index (χ3n) is 4.52. The summed E-state index contributed by atoms with van der Waals surface area (Å²) in [6, 6.07) is 5.88. The van der Waals surface area contributed by atoms with Crippen molar-refractivity contribution in [1.29, 1.82) is 0 Å². The molecule has 1 aliphatic heterocycles. The van der Waals surface area contributed by atoms with Crippen molar-refractivity contribution in [2.24, 2.45) is 5.92 Å². The number of rotatable bonds is 5. The highest BCUT2D eigenvalue weighted by atomic mass is 16.5. The lowest BCUT2D eigenvalue weighted by Gasteiger charge is -2.33. The lowest BCUT2D eigenvalue weighted by atomic mass is 9.94. The minimum atomic E-state index is -1.82. The van der Waals surface area contributed by atoms with Crippen molar-refractivity contribution in [3.8, 4) is 11.5 Å². The number of carbonyl (C=O) groups excluding carboxylic acids is 1. The predicted octanol–water partition coefficient (Wildman–Crippen LogP) is 1.99. The molecule has 0 atom stereocenters. The summed E-state index contributed by atoms with van der Waals surface area (Å²) in [5.74, 6) is -1.63. The number of nitrogens with one attached hydrogen (secondary N) is 1. The molecule has 1 fully saturated rings. The standard InChI is InChI=1S/C19H30N2O3.C2H2O4/c1-19(2,3)20-18(22)14-8-10-21(11-9-14)13-15-12-16(23-4)6-7-17(15)24-5;3-1(4)2(5)6/h6-7,12,14H,8-11,13H2,1-5H3,(H,20,22);(H,3,4)(H,5,6). The first-order valence-corrected chi connectivity index (χ1v) is 9.68. The maximum absolute atomic E-state index is 12.3. The zero-order valence-corrected chi connectivity index (χ0v) is 18.2. The second-order valence-corrected chi connectivity index (χ2v) is 8.08. The van der Waals surface area contributed by atoms with Crippen LogP contribution in [0.2, 0.25) is 0 Å². The van der Waals surface area contributed by atoms with Gasteiger partial charge in [0.1, 0.15) is 11.5 Å². The first-order chi connectivity index (χ1) is 14.0. The molecule has 30 heavy (non-hydrogen) atoms. The van der Waals surface area contributed by atoms with E-state index in [-0.39, 0.29) is 17.4 Å². The molecule has 0 bridgehead atoms. The largest absolute Gasteiger partial charge is 0.497 e. The molecule has 9 nitrogen and oxygen atoms in total. The van der Waals surface area contributed by atoms with Crippen LogP contribution in [0.5, 0.6) is 11.5 Å². The van der Waals surface area contributed by atoms with E-state index in [0.29, 0.717) is 0 Å². The second-order valence-electron chi connectivity index (χ2n) is 8.08. The van der Waals surface area contributed by atoms with Gasteiger partial charge in [-0.15, -0.1) is 0 Å². The molecule has 0 saturated carbocycles. The van der Waals surface area contributed by atoms with E-state index >= 15 is 0 Å². The van der Waals surface area contributed by atoms with Crippen LogP contribution in [0.3, 0.4) is 0 Å². The van der Waals surface area contributed by atoms with E-state index in [1.165, 1.54) is 0 Å². The van der Waals surface area contributed by atoms with E-state index in [4.69, 9.17) is 29.3 Å². The van der Waals surface area contributed by atoms with E-state index in [1.54, 1.807) is 14.2 Å². The summed E-state index contributed by atoms with van der Waals surface area (Å²) in [7, 11) is 3.36. The van der Waals surface area contributed by atoms with Crippen LogP contribution in [0.15, 0.2) is 18.2 Å². The number of hydrogen-bond acceptors (Lipinski definition) is 6. The molecule has 168 valence electrons. The Labute approximate surface area is 177 Å². The number of hydrogen-bond donors (Lipinski definition) is 3. The number of benzene rings is 1. The monoisotopic (exact) mass is 424 g/mol. The number of aliphatic carboxylic acids is 2. The van der Waals surface area contributed by atoms with E-state index in [1.807, 2.05) is 39.0 Å². The molecule has 9 heteroatoms. The van der Waals surface area contributed by atoms with Crippen molar-refractivity contribution in [2.45, 2.75) is 45.7 Å². The highest BCUT2D eigenvalue weighted by Gasteiger charge is 2.27. The van der Waals surface area contributed by atoms with Gasteiger partial charge in [-0.3, -0.25) is 9.69 Å². The summed E-state index contributed by atoms with van der Waals surface area (Å²) in [5.41, 5.74) is 0.955. The van der Waals surface area contributed by atoms with E-state index in [2.05, 4.69) is 10.2 Å². The number of nitrogens with zero attached hydrogens (tertiary/aromatic N) is 1. The Balaban J connectivity index is 0.000000656. The Hall–Kier alpha value is -2.81. The van der Waals surface area contributed by atoms with Gasteiger partial charge < -0.3 is 25.0 Å². The molecule has 0 aliphatic carbocycles. The summed E-state index contributed by atoms with van der Waals surface area (Å²) < 4.78 is 10.8. The molecule has 0 spiro atoms. The van der Waals surface area contributed by atoms with Crippen molar-refractivity contribution >= 4 is 17.8 Å². The smallest absolute Gasteiger partial charge is 0.414 e. The van der Waals surface area contributed by atoms with Crippen molar-refractivity contribution < 1.29 is 34.1 Å². The number of amides is 1. The number of ether oxygens (including phenoxy) is 2. The van der Waals surface area contributed by atoms with Gasteiger partial charge in [0.05, 0.1) is 14.2 Å². The molecule has 0 radical (unpaired) electrons. The Morgan fingerprint density at radius 3 is 2.07 bits per heavy atom. The molecule has 1 aromatic rings. The normalized spacial score (nSPS) is 14.8. The third kappa shape index (κ3) is 8.69. The fourth-order valence-electron chi connectivity index (χ4n) is 3.07. The number of piperidine rings is 1. The summed E-state index contributed by atoms with van der Waals surface area (Å²) in [6.45, 7) is 8.72. The zero-order chi connectivity index (χ0) is 22.9. The molecule has 1 heterocycles. The van der Waals surface area contributed by atoms with Gasteiger partial charge in [0.25, 0.3) is 0 Å². The second kappa shape index (κ2) is 11.4. The predicted molar refractivity (Wildman–Crippen MR) is 111 cm³/mol. The Morgan fingerprint density at radius 2 is 1.63 bits per heavy atom. The molecule has 1 amide bonds. The van der Waals surface area contributed by atoms with Gasteiger partial charge in [0, 0.05) is 23.6 Å². The van der Waals surface area contributed by atoms with Gasteiger partial charge in [-0.2, -0.15) is 0 Å². The van der Waals surface area contributed by atoms with Crippen LogP contribution in [0.4, 0.5) is 0 Å².